The van der Waals surface area contributed by atoms with E-state index in [0.29, 0.717) is 17.7 Å². The van der Waals surface area contributed by atoms with Gasteiger partial charge in [0.2, 0.25) is 0 Å². The van der Waals surface area contributed by atoms with E-state index >= 15 is 0 Å². The average Bonchev–Trinajstić information content (AvgIpc) is 2.92. The molecule has 0 bridgehead atoms. The third-order valence-electron chi connectivity index (χ3n) is 5.36. The van der Waals surface area contributed by atoms with Gasteiger partial charge in [-0.15, -0.1) is 0 Å². The molecule has 2 saturated heterocycles. The summed E-state index contributed by atoms with van der Waals surface area (Å²) in [6.07, 6.45) is 4.25. The van der Waals surface area contributed by atoms with Crippen LogP contribution in [0.5, 0.6) is 0 Å². The number of hydrogen-bond acceptors (Lipinski definition) is 4. The van der Waals surface area contributed by atoms with Gasteiger partial charge in [-0.1, -0.05) is 13.8 Å². The lowest BCUT2D eigenvalue weighted by molar-refractivity contribution is 0.124. The molecule has 0 aromatic heterocycles. The minimum atomic E-state index is -2.88. The first-order chi connectivity index (χ1) is 8.41. The summed E-state index contributed by atoms with van der Waals surface area (Å²) in [5.74, 6) is 0.575. The second-order valence-corrected chi connectivity index (χ2v) is 8.33. The summed E-state index contributed by atoms with van der Waals surface area (Å²) < 4.78 is 23.6. The van der Waals surface area contributed by atoms with Crippen LogP contribution >= 0.6 is 0 Å². The maximum absolute atomic E-state index is 11.8. The van der Waals surface area contributed by atoms with E-state index in [1.54, 1.807) is 0 Å². The molecule has 0 aromatic carbocycles. The Balaban J connectivity index is 2.17. The Morgan fingerprint density at radius 3 is 2.28 bits per heavy atom. The van der Waals surface area contributed by atoms with Gasteiger partial charge in [-0.05, 0) is 37.6 Å². The fourth-order valence-electron chi connectivity index (χ4n) is 3.61. The number of likely N-dealkylation sites (tertiary alicyclic amines) is 1. The van der Waals surface area contributed by atoms with E-state index in [4.69, 9.17) is 5.73 Å². The number of hydrogen-bond donors (Lipinski definition) is 1. The molecule has 2 heterocycles. The van der Waals surface area contributed by atoms with Gasteiger partial charge in [0.25, 0.3) is 0 Å². The molecule has 106 valence electrons. The number of nitrogens with two attached hydrogens (primary N) is 1. The fraction of sp³-hybridized carbons (Fsp3) is 1.00. The number of sulfone groups is 1. The maximum Gasteiger partial charge on any atom is 0.152 e. The predicted molar refractivity (Wildman–Crippen MR) is 74.3 cm³/mol. The van der Waals surface area contributed by atoms with Gasteiger partial charge in [0.1, 0.15) is 0 Å². The van der Waals surface area contributed by atoms with Gasteiger partial charge in [-0.2, -0.15) is 0 Å². The topological polar surface area (TPSA) is 63.4 Å². The van der Waals surface area contributed by atoms with Gasteiger partial charge in [0.15, 0.2) is 9.84 Å². The van der Waals surface area contributed by atoms with Crippen molar-refractivity contribution < 1.29 is 8.42 Å². The van der Waals surface area contributed by atoms with E-state index in [9.17, 15) is 8.42 Å². The van der Waals surface area contributed by atoms with Gasteiger partial charge in [0.05, 0.1) is 11.5 Å². The normalized spacial score (nSPS) is 35.1. The second kappa shape index (κ2) is 4.76. The van der Waals surface area contributed by atoms with Crippen molar-refractivity contribution in [1.82, 2.24) is 4.90 Å². The molecule has 1 atom stereocenters. The molecule has 0 amide bonds. The lowest BCUT2D eigenvalue weighted by Crippen LogP contribution is -2.54. The summed E-state index contributed by atoms with van der Waals surface area (Å²) in [4.78, 5) is 2.38. The molecule has 1 unspecified atom stereocenters. The van der Waals surface area contributed by atoms with Crippen LogP contribution in [0, 0.1) is 5.41 Å². The summed E-state index contributed by atoms with van der Waals surface area (Å²) in [5, 5.41) is 0. The monoisotopic (exact) mass is 274 g/mol. The van der Waals surface area contributed by atoms with Crippen molar-refractivity contribution in [2.45, 2.75) is 45.1 Å². The van der Waals surface area contributed by atoms with Crippen LogP contribution in [0.25, 0.3) is 0 Å². The van der Waals surface area contributed by atoms with E-state index in [1.807, 2.05) is 0 Å². The van der Waals surface area contributed by atoms with Crippen molar-refractivity contribution in [3.8, 4) is 0 Å². The molecule has 0 aromatic rings. The van der Waals surface area contributed by atoms with Gasteiger partial charge in [-0.3, -0.25) is 4.90 Å². The smallest absolute Gasteiger partial charge is 0.152 e. The van der Waals surface area contributed by atoms with Crippen LogP contribution in [-0.2, 0) is 9.84 Å². The Morgan fingerprint density at radius 2 is 1.89 bits per heavy atom. The zero-order valence-electron chi connectivity index (χ0n) is 11.6. The standard InChI is InChI=1S/C13H26N2O2S/c1-3-12(4-2)5-7-15(10-12)13(9-14)6-8-18(16,17)11-13/h3-11,14H2,1-2H3. The lowest BCUT2D eigenvalue weighted by Gasteiger charge is -2.38. The first kappa shape index (κ1) is 14.3. The Morgan fingerprint density at radius 1 is 1.22 bits per heavy atom. The van der Waals surface area contributed by atoms with E-state index in [-0.39, 0.29) is 11.3 Å². The van der Waals surface area contributed by atoms with Crippen molar-refractivity contribution in [2.24, 2.45) is 11.1 Å². The zero-order chi connectivity index (χ0) is 13.4. The second-order valence-electron chi connectivity index (χ2n) is 6.15. The van der Waals surface area contributed by atoms with Crippen LogP contribution in [-0.4, -0.2) is 50.0 Å². The molecule has 18 heavy (non-hydrogen) atoms. The maximum atomic E-state index is 11.8. The lowest BCUT2D eigenvalue weighted by atomic mass is 9.81. The van der Waals surface area contributed by atoms with E-state index < -0.39 is 9.84 Å². The van der Waals surface area contributed by atoms with Crippen molar-refractivity contribution in [3.63, 3.8) is 0 Å². The summed E-state index contributed by atoms with van der Waals surface area (Å²) in [6.45, 7) is 6.98. The van der Waals surface area contributed by atoms with Crippen LogP contribution in [0.15, 0.2) is 0 Å². The highest BCUT2D eigenvalue weighted by atomic mass is 32.2. The molecule has 2 rings (SSSR count). The molecule has 4 nitrogen and oxygen atoms in total. The summed E-state index contributed by atoms with van der Waals surface area (Å²) in [7, 11) is -2.88. The minimum absolute atomic E-state index is 0.264. The summed E-state index contributed by atoms with van der Waals surface area (Å²) >= 11 is 0. The first-order valence-corrected chi connectivity index (χ1v) is 8.89. The van der Waals surface area contributed by atoms with Crippen molar-refractivity contribution in [2.75, 3.05) is 31.1 Å². The van der Waals surface area contributed by atoms with Crippen molar-refractivity contribution in [1.29, 1.82) is 0 Å². The zero-order valence-corrected chi connectivity index (χ0v) is 12.4. The summed E-state index contributed by atoms with van der Waals surface area (Å²) in [6, 6.07) is 0. The van der Waals surface area contributed by atoms with Crippen LogP contribution in [0.3, 0.4) is 0 Å². The van der Waals surface area contributed by atoms with Crippen molar-refractivity contribution in [3.05, 3.63) is 0 Å². The highest BCUT2D eigenvalue weighted by molar-refractivity contribution is 7.91. The largest absolute Gasteiger partial charge is 0.329 e. The molecule has 2 fully saturated rings. The molecule has 2 aliphatic rings. The highest BCUT2D eigenvalue weighted by Crippen LogP contribution is 2.42. The quantitative estimate of drug-likeness (QED) is 0.831. The number of nitrogens with zero attached hydrogens (tertiary/aromatic N) is 1. The van der Waals surface area contributed by atoms with Gasteiger partial charge in [0, 0.05) is 18.6 Å². The van der Waals surface area contributed by atoms with Crippen LogP contribution < -0.4 is 5.73 Å². The van der Waals surface area contributed by atoms with E-state index in [0.717, 1.165) is 19.5 Å². The Labute approximate surface area is 111 Å². The average molecular weight is 274 g/mol. The Hall–Kier alpha value is -0.130. The third kappa shape index (κ3) is 2.32. The highest BCUT2D eigenvalue weighted by Gasteiger charge is 2.50. The molecule has 0 saturated carbocycles. The molecule has 2 aliphatic heterocycles. The number of rotatable bonds is 4. The SMILES string of the molecule is CCC1(CC)CCN(C2(CN)CCS(=O)(=O)C2)C1. The minimum Gasteiger partial charge on any atom is -0.329 e. The van der Waals surface area contributed by atoms with E-state index in [1.165, 1.54) is 19.3 Å². The van der Waals surface area contributed by atoms with Crippen LogP contribution in [0.1, 0.15) is 39.5 Å². The van der Waals surface area contributed by atoms with Crippen LogP contribution in [0.4, 0.5) is 0 Å². The van der Waals surface area contributed by atoms with Gasteiger partial charge >= 0.3 is 0 Å². The molecular formula is C13H26N2O2S. The van der Waals surface area contributed by atoms with Gasteiger partial charge in [-0.25, -0.2) is 8.42 Å². The molecule has 0 radical (unpaired) electrons. The Kier molecular flexibility index (Phi) is 3.78. The molecular weight excluding hydrogens is 248 g/mol. The predicted octanol–water partition coefficient (Wildman–Crippen LogP) is 1.01. The van der Waals surface area contributed by atoms with Gasteiger partial charge < -0.3 is 5.73 Å². The molecule has 5 heteroatoms. The molecule has 0 spiro atoms. The summed E-state index contributed by atoms with van der Waals surface area (Å²) in [5.41, 5.74) is 6.05. The molecule has 2 N–H and O–H groups in total. The fourth-order valence-corrected chi connectivity index (χ4v) is 5.70. The van der Waals surface area contributed by atoms with Crippen molar-refractivity contribution >= 4 is 9.84 Å². The molecule has 0 aliphatic carbocycles. The van der Waals surface area contributed by atoms with E-state index in [2.05, 4.69) is 18.7 Å². The third-order valence-corrected chi connectivity index (χ3v) is 7.16. The first-order valence-electron chi connectivity index (χ1n) is 7.06. The Bertz CT molecular complexity index is 403. The van der Waals surface area contributed by atoms with Crippen LogP contribution in [0.2, 0.25) is 0 Å².